The summed E-state index contributed by atoms with van der Waals surface area (Å²) in [5.74, 6) is 0.0275. The number of nitrogens with zero attached hydrogens (tertiary/aromatic N) is 2. The van der Waals surface area contributed by atoms with Gasteiger partial charge in [0.25, 0.3) is 0 Å². The van der Waals surface area contributed by atoms with Crippen LogP contribution in [0.2, 0.25) is 0 Å². The summed E-state index contributed by atoms with van der Waals surface area (Å²) in [5.41, 5.74) is 3.19. The monoisotopic (exact) mass is 330 g/mol. The third-order valence-corrected chi connectivity index (χ3v) is 5.10. The van der Waals surface area contributed by atoms with Crippen LogP contribution in [0.25, 0.3) is 0 Å². The zero-order valence-electron chi connectivity index (χ0n) is 14.5. The highest BCUT2D eigenvalue weighted by atomic mass is 16.3. The number of hydrogen-bond donors (Lipinski definition) is 1. The lowest BCUT2D eigenvalue weighted by atomic mass is 9.86. The van der Waals surface area contributed by atoms with Crippen molar-refractivity contribution in [2.24, 2.45) is 5.92 Å². The maximum absolute atomic E-state index is 12.6. The molecule has 0 spiro atoms. The zero-order chi connectivity index (χ0) is 17.3. The molecule has 1 saturated carbocycles. The third kappa shape index (κ3) is 3.61. The topological polar surface area (TPSA) is 60.9 Å². The third-order valence-electron chi connectivity index (χ3n) is 5.10. The van der Waals surface area contributed by atoms with Crippen molar-refractivity contribution in [3.8, 4) is 0 Å². The number of aryl methyl sites for hydroxylation is 2. The molecule has 1 aliphatic carbocycles. The van der Waals surface area contributed by atoms with E-state index in [0.717, 1.165) is 29.7 Å². The van der Waals surface area contributed by atoms with Gasteiger partial charge in [-0.1, -0.05) is 6.07 Å². The Morgan fingerprint density at radius 3 is 2.25 bits per heavy atom. The fourth-order valence-corrected chi connectivity index (χ4v) is 3.82. The van der Waals surface area contributed by atoms with Crippen molar-refractivity contribution in [1.82, 2.24) is 4.90 Å². The molecule has 0 radical (unpaired) electrons. The molecule has 3 rings (SSSR count). The molecule has 0 atom stereocenters. The fourth-order valence-electron chi connectivity index (χ4n) is 3.82. The van der Waals surface area contributed by atoms with E-state index in [2.05, 4.69) is 6.07 Å². The van der Waals surface area contributed by atoms with Crippen molar-refractivity contribution in [3.63, 3.8) is 0 Å². The second kappa shape index (κ2) is 6.93. The molecule has 0 bridgehead atoms. The Balaban J connectivity index is 1.64. The van der Waals surface area contributed by atoms with Crippen LogP contribution in [0.4, 0.5) is 5.69 Å². The Hall–Kier alpha value is -1.88. The maximum Gasteiger partial charge on any atom is 0.246 e. The minimum Gasteiger partial charge on any atom is -0.393 e. The van der Waals surface area contributed by atoms with E-state index in [1.54, 1.807) is 9.80 Å². The Bertz CT molecular complexity index is 615. The van der Waals surface area contributed by atoms with Crippen LogP contribution in [-0.2, 0) is 9.59 Å². The van der Waals surface area contributed by atoms with Crippen molar-refractivity contribution < 1.29 is 14.7 Å². The molecule has 0 aromatic heterocycles. The molecule has 24 heavy (non-hydrogen) atoms. The van der Waals surface area contributed by atoms with Gasteiger partial charge < -0.3 is 14.9 Å². The summed E-state index contributed by atoms with van der Waals surface area (Å²) in [5, 5.41) is 9.58. The normalized spacial score (nSPS) is 25.0. The summed E-state index contributed by atoms with van der Waals surface area (Å²) in [4.78, 5) is 28.7. The SMILES string of the molecule is Cc1cc(C)cc(N2CCN(C(=O)C3CCC(O)CC3)CC2=O)c1. The van der Waals surface area contributed by atoms with E-state index in [1.165, 1.54) is 0 Å². The van der Waals surface area contributed by atoms with Gasteiger partial charge in [-0.2, -0.15) is 0 Å². The summed E-state index contributed by atoms with van der Waals surface area (Å²) < 4.78 is 0. The van der Waals surface area contributed by atoms with Crippen LogP contribution in [0.1, 0.15) is 36.8 Å². The van der Waals surface area contributed by atoms with Crippen molar-refractivity contribution in [2.45, 2.75) is 45.6 Å². The summed E-state index contributed by atoms with van der Waals surface area (Å²) in [6.45, 7) is 5.33. The van der Waals surface area contributed by atoms with Gasteiger partial charge in [0.1, 0.15) is 6.54 Å². The first kappa shape index (κ1) is 17.0. The second-order valence-corrected chi connectivity index (χ2v) is 7.16. The molecular weight excluding hydrogens is 304 g/mol. The van der Waals surface area contributed by atoms with Gasteiger partial charge in [0.05, 0.1) is 6.10 Å². The average molecular weight is 330 g/mol. The standard InChI is InChI=1S/C19H26N2O3/c1-13-9-14(2)11-16(10-13)21-8-7-20(12-18(21)23)19(24)15-3-5-17(22)6-4-15/h9-11,15,17,22H,3-8,12H2,1-2H3. The molecule has 0 unspecified atom stereocenters. The van der Waals surface area contributed by atoms with E-state index in [-0.39, 0.29) is 30.4 Å². The lowest BCUT2D eigenvalue weighted by Crippen LogP contribution is -2.54. The molecule has 5 nitrogen and oxygen atoms in total. The molecule has 1 aromatic rings. The number of piperazine rings is 1. The number of amides is 2. The van der Waals surface area contributed by atoms with Crippen LogP contribution >= 0.6 is 0 Å². The van der Waals surface area contributed by atoms with Gasteiger partial charge in [-0.05, 0) is 62.8 Å². The van der Waals surface area contributed by atoms with Gasteiger partial charge in [0.15, 0.2) is 0 Å². The Labute approximate surface area is 143 Å². The van der Waals surface area contributed by atoms with Crippen LogP contribution < -0.4 is 4.90 Å². The lowest BCUT2D eigenvalue weighted by Gasteiger charge is -2.37. The molecule has 1 N–H and O–H groups in total. The highest BCUT2D eigenvalue weighted by Crippen LogP contribution is 2.27. The van der Waals surface area contributed by atoms with Gasteiger partial charge >= 0.3 is 0 Å². The minimum atomic E-state index is -0.267. The Morgan fingerprint density at radius 1 is 1.04 bits per heavy atom. The molecule has 2 aliphatic rings. The zero-order valence-corrected chi connectivity index (χ0v) is 14.5. The molecule has 1 aromatic carbocycles. The van der Waals surface area contributed by atoms with E-state index in [9.17, 15) is 14.7 Å². The predicted octanol–water partition coefficient (Wildman–Crippen LogP) is 2.03. The van der Waals surface area contributed by atoms with E-state index < -0.39 is 0 Å². The molecule has 2 fully saturated rings. The molecule has 1 aliphatic heterocycles. The van der Waals surface area contributed by atoms with Crippen LogP contribution in [0, 0.1) is 19.8 Å². The van der Waals surface area contributed by atoms with Crippen molar-refractivity contribution in [2.75, 3.05) is 24.5 Å². The minimum absolute atomic E-state index is 0.0181. The fraction of sp³-hybridized carbons (Fsp3) is 0.579. The number of anilines is 1. The largest absolute Gasteiger partial charge is 0.393 e. The number of aliphatic hydroxyl groups is 1. The van der Waals surface area contributed by atoms with E-state index in [1.807, 2.05) is 26.0 Å². The van der Waals surface area contributed by atoms with Crippen molar-refractivity contribution >= 4 is 17.5 Å². The van der Waals surface area contributed by atoms with Gasteiger partial charge in [0.2, 0.25) is 11.8 Å². The molecule has 130 valence electrons. The predicted molar refractivity (Wildman–Crippen MR) is 92.8 cm³/mol. The van der Waals surface area contributed by atoms with Gasteiger partial charge in [-0.15, -0.1) is 0 Å². The first-order valence-corrected chi connectivity index (χ1v) is 8.79. The van der Waals surface area contributed by atoms with Crippen LogP contribution in [0.3, 0.4) is 0 Å². The number of benzene rings is 1. The highest BCUT2D eigenvalue weighted by Gasteiger charge is 2.33. The summed E-state index contributed by atoms with van der Waals surface area (Å²) in [7, 11) is 0. The smallest absolute Gasteiger partial charge is 0.246 e. The van der Waals surface area contributed by atoms with Crippen LogP contribution in [0.15, 0.2) is 18.2 Å². The van der Waals surface area contributed by atoms with Gasteiger partial charge in [-0.3, -0.25) is 9.59 Å². The quantitative estimate of drug-likeness (QED) is 0.902. The number of carbonyl (C=O) groups excluding carboxylic acids is 2. The van der Waals surface area contributed by atoms with Crippen LogP contribution in [0.5, 0.6) is 0 Å². The molecular formula is C19H26N2O3. The maximum atomic E-state index is 12.6. The van der Waals surface area contributed by atoms with E-state index in [0.29, 0.717) is 25.9 Å². The van der Waals surface area contributed by atoms with Gasteiger partial charge in [0, 0.05) is 24.7 Å². The average Bonchev–Trinajstić information content (AvgIpc) is 2.54. The molecule has 1 saturated heterocycles. The molecule has 2 amide bonds. The van der Waals surface area contributed by atoms with Crippen molar-refractivity contribution in [3.05, 3.63) is 29.3 Å². The summed E-state index contributed by atoms with van der Waals surface area (Å²) >= 11 is 0. The first-order valence-electron chi connectivity index (χ1n) is 8.79. The summed E-state index contributed by atoms with van der Waals surface area (Å²) in [6.07, 6.45) is 2.56. The lowest BCUT2D eigenvalue weighted by molar-refractivity contribution is -0.141. The van der Waals surface area contributed by atoms with Crippen LogP contribution in [-0.4, -0.2) is 47.6 Å². The second-order valence-electron chi connectivity index (χ2n) is 7.16. The number of carbonyl (C=O) groups is 2. The first-order chi connectivity index (χ1) is 11.4. The molecule has 5 heteroatoms. The van der Waals surface area contributed by atoms with E-state index in [4.69, 9.17) is 0 Å². The highest BCUT2D eigenvalue weighted by molar-refractivity contribution is 5.98. The Kier molecular flexibility index (Phi) is 4.90. The Morgan fingerprint density at radius 2 is 1.67 bits per heavy atom. The number of rotatable bonds is 2. The van der Waals surface area contributed by atoms with E-state index >= 15 is 0 Å². The number of hydrogen-bond acceptors (Lipinski definition) is 3. The summed E-state index contributed by atoms with van der Waals surface area (Å²) in [6, 6.07) is 6.13. The van der Waals surface area contributed by atoms with Crippen molar-refractivity contribution in [1.29, 1.82) is 0 Å². The van der Waals surface area contributed by atoms with Gasteiger partial charge in [-0.25, -0.2) is 0 Å². The molecule has 1 heterocycles. The number of aliphatic hydroxyl groups excluding tert-OH is 1.